The minimum absolute atomic E-state index is 0.669. The van der Waals surface area contributed by atoms with E-state index in [1.807, 2.05) is 0 Å². The van der Waals surface area contributed by atoms with Gasteiger partial charge in [-0.25, -0.2) is 0 Å². The van der Waals surface area contributed by atoms with E-state index >= 15 is 0 Å². The van der Waals surface area contributed by atoms with Crippen LogP contribution in [0.1, 0.15) is 6.42 Å². The Balaban J connectivity index is 2.70. The summed E-state index contributed by atoms with van der Waals surface area (Å²) in [6.07, 6.45) is -8.83. The number of carbonyl (C=O) groups excluding carboxylic acids is 1. The lowest BCUT2D eigenvalue weighted by Gasteiger charge is -2.39. The van der Waals surface area contributed by atoms with Gasteiger partial charge in [0.05, 0.1) is 6.61 Å². The second-order valence-corrected chi connectivity index (χ2v) is 3.75. The van der Waals surface area contributed by atoms with Crippen molar-refractivity contribution in [3.05, 3.63) is 0 Å². The molecule has 1 rings (SSSR count). The number of carboxylic acid groups (broad SMARTS) is 1. The van der Waals surface area contributed by atoms with Gasteiger partial charge in [-0.05, 0) is 0 Å². The van der Waals surface area contributed by atoms with Gasteiger partial charge in [0.1, 0.15) is 24.7 Å². The third-order valence-electron chi connectivity index (χ3n) is 2.40. The van der Waals surface area contributed by atoms with Gasteiger partial charge in [-0.1, -0.05) is 0 Å². The summed E-state index contributed by atoms with van der Waals surface area (Å²) >= 11 is 0. The molecule has 0 spiro atoms. The lowest BCUT2D eigenvalue weighted by molar-refractivity contribution is -0.289. The van der Waals surface area contributed by atoms with Crippen LogP contribution in [-0.2, 0) is 19.1 Å². The Kier molecular flexibility index (Phi) is 4.99. The summed E-state index contributed by atoms with van der Waals surface area (Å²) in [5.74, 6) is -2.62. The summed E-state index contributed by atoms with van der Waals surface area (Å²) in [6, 6.07) is 0. The number of hydrogen-bond donors (Lipinski definition) is 5. The van der Waals surface area contributed by atoms with Crippen LogP contribution in [0.25, 0.3) is 0 Å². The molecule has 1 fully saturated rings. The van der Waals surface area contributed by atoms with E-state index in [9.17, 15) is 24.9 Å². The van der Waals surface area contributed by atoms with Crippen molar-refractivity contribution in [1.82, 2.24) is 0 Å². The van der Waals surface area contributed by atoms with E-state index in [1.54, 1.807) is 0 Å². The first kappa shape index (κ1) is 14.8. The molecular weight excluding hydrogens is 252 g/mol. The van der Waals surface area contributed by atoms with Crippen molar-refractivity contribution in [2.45, 2.75) is 37.1 Å². The van der Waals surface area contributed by atoms with Crippen molar-refractivity contribution in [3.63, 3.8) is 0 Å². The smallest absolute Gasteiger partial charge is 0.317 e. The fraction of sp³-hybridized carbons (Fsp3) is 0.778. The number of ether oxygens (including phenoxy) is 2. The molecule has 0 radical (unpaired) electrons. The van der Waals surface area contributed by atoms with Crippen LogP contribution in [0.3, 0.4) is 0 Å². The fourth-order valence-corrected chi connectivity index (χ4v) is 1.52. The highest BCUT2D eigenvalue weighted by atomic mass is 16.7. The first-order valence-corrected chi connectivity index (χ1v) is 5.08. The third kappa shape index (κ3) is 3.37. The molecule has 9 heteroatoms. The average Bonchev–Trinajstić information content (AvgIpc) is 2.28. The van der Waals surface area contributed by atoms with Crippen molar-refractivity contribution in [1.29, 1.82) is 0 Å². The normalized spacial score (nSPS) is 36.1. The Hall–Kier alpha value is -1.26. The van der Waals surface area contributed by atoms with Crippen molar-refractivity contribution in [2.75, 3.05) is 6.61 Å². The molecule has 0 bridgehead atoms. The Bertz CT molecular complexity index is 317. The lowest BCUT2D eigenvalue weighted by Crippen LogP contribution is -2.59. The summed E-state index contributed by atoms with van der Waals surface area (Å²) < 4.78 is 9.21. The van der Waals surface area contributed by atoms with Crippen LogP contribution in [0.4, 0.5) is 0 Å². The number of carbonyl (C=O) groups is 2. The topological polar surface area (TPSA) is 154 Å². The van der Waals surface area contributed by atoms with Gasteiger partial charge in [0.2, 0.25) is 0 Å². The van der Waals surface area contributed by atoms with Crippen LogP contribution in [0.15, 0.2) is 0 Å². The minimum atomic E-state index is -1.76. The van der Waals surface area contributed by atoms with Crippen LogP contribution in [0, 0.1) is 0 Å². The highest BCUT2D eigenvalue weighted by Gasteiger charge is 2.46. The molecule has 9 nitrogen and oxygen atoms in total. The fourth-order valence-electron chi connectivity index (χ4n) is 1.52. The number of esters is 1. The summed E-state index contributed by atoms with van der Waals surface area (Å²) in [5.41, 5.74) is 0. The van der Waals surface area contributed by atoms with Gasteiger partial charge in [0.15, 0.2) is 12.4 Å². The van der Waals surface area contributed by atoms with E-state index in [0.29, 0.717) is 0 Å². The largest absolute Gasteiger partial charge is 0.481 e. The van der Waals surface area contributed by atoms with Gasteiger partial charge in [-0.15, -0.1) is 0 Å². The standard InChI is InChI=1S/C9H14O9/c10-2-3-6(14)8(7(15)9(16)17-3)18-5(13)1-4(11)12/h3,6-10,14-16H,1-2H2,(H,11,12)/t3-,6-,7-,8+,9-/m1/s1. The quantitative estimate of drug-likeness (QED) is 0.261. The molecule has 104 valence electrons. The maximum atomic E-state index is 11.1. The molecule has 5 N–H and O–H groups in total. The number of aliphatic carboxylic acids is 1. The van der Waals surface area contributed by atoms with E-state index in [-0.39, 0.29) is 0 Å². The highest BCUT2D eigenvalue weighted by molar-refractivity contribution is 5.90. The number of aliphatic hydroxyl groups excluding tert-OH is 4. The van der Waals surface area contributed by atoms with Crippen LogP contribution in [0.5, 0.6) is 0 Å². The predicted molar refractivity (Wildman–Crippen MR) is 52.1 cm³/mol. The molecule has 0 saturated carbocycles. The zero-order valence-electron chi connectivity index (χ0n) is 9.17. The maximum absolute atomic E-state index is 11.1. The second kappa shape index (κ2) is 6.07. The first-order chi connectivity index (χ1) is 8.36. The maximum Gasteiger partial charge on any atom is 0.317 e. The molecule has 0 aliphatic carbocycles. The minimum Gasteiger partial charge on any atom is -0.481 e. The van der Waals surface area contributed by atoms with Gasteiger partial charge < -0.3 is 35.0 Å². The molecule has 1 heterocycles. The second-order valence-electron chi connectivity index (χ2n) is 3.75. The van der Waals surface area contributed by atoms with Crippen molar-refractivity contribution >= 4 is 11.9 Å². The van der Waals surface area contributed by atoms with Crippen LogP contribution < -0.4 is 0 Å². The summed E-state index contributed by atoms with van der Waals surface area (Å²) in [5, 5.41) is 45.5. The number of carboxylic acids is 1. The van der Waals surface area contributed by atoms with E-state index in [2.05, 4.69) is 9.47 Å². The Morgan fingerprint density at radius 3 is 2.28 bits per heavy atom. The molecule has 1 saturated heterocycles. The van der Waals surface area contributed by atoms with E-state index < -0.39 is 55.7 Å². The Morgan fingerprint density at radius 2 is 1.78 bits per heavy atom. The van der Waals surface area contributed by atoms with E-state index in [0.717, 1.165) is 0 Å². The van der Waals surface area contributed by atoms with Gasteiger partial charge in [0.25, 0.3) is 0 Å². The molecule has 5 atom stereocenters. The van der Waals surface area contributed by atoms with E-state index in [4.69, 9.17) is 10.2 Å². The zero-order valence-corrected chi connectivity index (χ0v) is 9.17. The van der Waals surface area contributed by atoms with Crippen molar-refractivity contribution in [3.8, 4) is 0 Å². The van der Waals surface area contributed by atoms with Crippen molar-refractivity contribution in [2.24, 2.45) is 0 Å². The Morgan fingerprint density at radius 1 is 1.17 bits per heavy atom. The first-order valence-electron chi connectivity index (χ1n) is 5.08. The summed E-state index contributed by atoms with van der Waals surface area (Å²) in [4.78, 5) is 21.4. The molecule has 0 aromatic heterocycles. The molecule has 0 amide bonds. The monoisotopic (exact) mass is 266 g/mol. The number of rotatable bonds is 4. The van der Waals surface area contributed by atoms with E-state index in [1.165, 1.54) is 0 Å². The SMILES string of the molecule is O=C(O)CC(=O)O[C@@H]1[C@@H](O)[C@H](O)O[C@H](CO)[C@H]1O. The molecule has 0 aromatic rings. The molecule has 1 aliphatic heterocycles. The van der Waals surface area contributed by atoms with Crippen molar-refractivity contribution < 1.29 is 44.6 Å². The lowest BCUT2D eigenvalue weighted by atomic mass is 9.99. The summed E-state index contributed by atoms with van der Waals surface area (Å²) in [6.45, 7) is -0.669. The molecule has 18 heavy (non-hydrogen) atoms. The molecule has 0 aromatic carbocycles. The third-order valence-corrected chi connectivity index (χ3v) is 2.40. The summed E-state index contributed by atoms with van der Waals surface area (Å²) in [7, 11) is 0. The zero-order chi connectivity index (χ0) is 13.9. The molecular formula is C9H14O9. The van der Waals surface area contributed by atoms with Gasteiger partial charge in [0, 0.05) is 0 Å². The predicted octanol–water partition coefficient (Wildman–Crippen LogP) is -3.20. The van der Waals surface area contributed by atoms with Crippen LogP contribution in [-0.4, -0.2) is 74.8 Å². The number of aliphatic hydroxyl groups is 4. The molecule has 0 unspecified atom stereocenters. The van der Waals surface area contributed by atoms with Gasteiger partial charge in [-0.3, -0.25) is 9.59 Å². The average molecular weight is 266 g/mol. The molecule has 1 aliphatic rings. The highest BCUT2D eigenvalue weighted by Crippen LogP contribution is 2.22. The Labute approximate surface area is 101 Å². The van der Waals surface area contributed by atoms with Gasteiger partial charge >= 0.3 is 11.9 Å². The van der Waals surface area contributed by atoms with Gasteiger partial charge in [-0.2, -0.15) is 0 Å². The van der Waals surface area contributed by atoms with Crippen LogP contribution in [0.2, 0.25) is 0 Å². The van der Waals surface area contributed by atoms with Crippen LogP contribution >= 0.6 is 0 Å². The number of hydrogen-bond acceptors (Lipinski definition) is 8.